The molecule has 1 fully saturated rings. The number of benzene rings is 1. The predicted octanol–water partition coefficient (Wildman–Crippen LogP) is 4.87. The molecule has 196 valence electrons. The molecule has 0 radical (unpaired) electrons. The third-order valence-electron chi connectivity index (χ3n) is 6.71. The molecule has 0 spiro atoms. The number of carbonyl (C=O) groups excluding carboxylic acids is 1. The smallest absolute Gasteiger partial charge is 0.410 e. The zero-order valence-corrected chi connectivity index (χ0v) is 23.1. The van der Waals surface area contributed by atoms with Crippen LogP contribution in [0.3, 0.4) is 0 Å². The number of rotatable bonds is 4. The number of ether oxygens (including phenoxy) is 2. The van der Waals surface area contributed by atoms with Crippen molar-refractivity contribution in [1.82, 2.24) is 24.4 Å². The van der Waals surface area contributed by atoms with Crippen LogP contribution in [0, 0.1) is 13.8 Å². The molecule has 2 N–H and O–H groups in total. The van der Waals surface area contributed by atoms with E-state index >= 15 is 0 Å². The Kier molecular flexibility index (Phi) is 6.49. The molecule has 5 rings (SSSR count). The van der Waals surface area contributed by atoms with Gasteiger partial charge in [0.1, 0.15) is 23.2 Å². The molecule has 3 aromatic heterocycles. The van der Waals surface area contributed by atoms with E-state index in [0.717, 1.165) is 61.7 Å². The maximum absolute atomic E-state index is 12.5. The first-order valence-corrected chi connectivity index (χ1v) is 13.3. The number of nitrogens with two attached hydrogens (primary N) is 1. The Morgan fingerprint density at radius 2 is 1.86 bits per heavy atom. The summed E-state index contributed by atoms with van der Waals surface area (Å²) in [6.07, 6.45) is 1.25. The van der Waals surface area contributed by atoms with Gasteiger partial charge in [0.25, 0.3) is 0 Å². The molecular formula is C27H34N6O3S. The average molecular weight is 523 g/mol. The number of aryl methyl sites for hydroxylation is 1. The molecule has 1 aliphatic rings. The van der Waals surface area contributed by atoms with Crippen molar-refractivity contribution in [2.45, 2.75) is 46.8 Å². The van der Waals surface area contributed by atoms with Crippen molar-refractivity contribution in [1.29, 1.82) is 0 Å². The average Bonchev–Trinajstić information content (AvgIpc) is 3.37. The van der Waals surface area contributed by atoms with Crippen LogP contribution in [0.4, 0.5) is 10.6 Å². The number of fused-ring (bicyclic) bond motifs is 2. The molecule has 0 unspecified atom stereocenters. The number of piperazine rings is 1. The van der Waals surface area contributed by atoms with Crippen molar-refractivity contribution < 1.29 is 14.3 Å². The van der Waals surface area contributed by atoms with Gasteiger partial charge in [-0.25, -0.2) is 14.3 Å². The fraction of sp³-hybridized carbons (Fsp3) is 0.444. The summed E-state index contributed by atoms with van der Waals surface area (Å²) in [6, 6.07) is 6.44. The molecule has 0 bridgehead atoms. The van der Waals surface area contributed by atoms with Crippen LogP contribution in [-0.2, 0) is 11.3 Å². The molecule has 10 heteroatoms. The fourth-order valence-electron chi connectivity index (χ4n) is 4.94. The van der Waals surface area contributed by atoms with E-state index < -0.39 is 5.60 Å². The summed E-state index contributed by atoms with van der Waals surface area (Å²) in [6.45, 7) is 13.3. The number of anilines is 1. The Morgan fingerprint density at radius 1 is 1.14 bits per heavy atom. The number of methoxy groups -OCH3 is 1. The van der Waals surface area contributed by atoms with E-state index in [-0.39, 0.29) is 6.09 Å². The Morgan fingerprint density at radius 3 is 2.54 bits per heavy atom. The number of carbonyl (C=O) groups is 1. The number of hydrogen-bond acceptors (Lipinski definition) is 8. The number of aromatic nitrogens is 3. The van der Waals surface area contributed by atoms with Crippen LogP contribution < -0.4 is 10.5 Å². The number of hydrogen-bond donors (Lipinski definition) is 1. The van der Waals surface area contributed by atoms with Gasteiger partial charge in [0.2, 0.25) is 0 Å². The first kappa shape index (κ1) is 25.3. The molecule has 0 aliphatic carbocycles. The second-order valence-electron chi connectivity index (χ2n) is 10.6. The third kappa shape index (κ3) is 4.83. The minimum Gasteiger partial charge on any atom is -0.495 e. The highest BCUT2D eigenvalue weighted by Gasteiger charge is 2.28. The van der Waals surface area contributed by atoms with E-state index in [4.69, 9.17) is 15.2 Å². The van der Waals surface area contributed by atoms with Crippen LogP contribution in [0.2, 0.25) is 0 Å². The summed E-state index contributed by atoms with van der Waals surface area (Å²) in [5.74, 6) is 1.33. The van der Waals surface area contributed by atoms with Crippen molar-refractivity contribution in [2.75, 3.05) is 39.0 Å². The fourth-order valence-corrected chi connectivity index (χ4v) is 6.18. The molecular weight excluding hydrogens is 488 g/mol. The Hall–Kier alpha value is -3.37. The maximum atomic E-state index is 12.5. The number of nitrogens with zero attached hydrogens (tertiary/aromatic N) is 5. The van der Waals surface area contributed by atoms with Gasteiger partial charge < -0.3 is 20.1 Å². The number of amides is 1. The van der Waals surface area contributed by atoms with Gasteiger partial charge in [0.15, 0.2) is 5.82 Å². The summed E-state index contributed by atoms with van der Waals surface area (Å²) >= 11 is 1.69. The van der Waals surface area contributed by atoms with Crippen molar-refractivity contribution in [3.8, 4) is 16.2 Å². The zero-order valence-electron chi connectivity index (χ0n) is 22.3. The lowest BCUT2D eigenvalue weighted by molar-refractivity contribution is 0.0137. The quantitative estimate of drug-likeness (QED) is 0.408. The SMILES string of the molecule is COc1cc(C)cc2cc(-c3c(C)c(CN4CCN(C(=O)OC(C)(C)C)CC4)n4ncnc(N)c34)sc12. The molecule has 4 heterocycles. The maximum Gasteiger partial charge on any atom is 0.410 e. The molecule has 1 aromatic carbocycles. The van der Waals surface area contributed by atoms with Crippen molar-refractivity contribution in [2.24, 2.45) is 0 Å². The Labute approximate surface area is 220 Å². The highest BCUT2D eigenvalue weighted by molar-refractivity contribution is 7.22. The van der Waals surface area contributed by atoms with Gasteiger partial charge in [-0.15, -0.1) is 11.3 Å². The van der Waals surface area contributed by atoms with Crippen LogP contribution in [0.15, 0.2) is 24.5 Å². The van der Waals surface area contributed by atoms with Gasteiger partial charge >= 0.3 is 6.09 Å². The van der Waals surface area contributed by atoms with Crippen molar-refractivity contribution in [3.63, 3.8) is 0 Å². The second kappa shape index (κ2) is 9.50. The summed E-state index contributed by atoms with van der Waals surface area (Å²) in [5.41, 5.74) is 11.2. The van der Waals surface area contributed by atoms with E-state index in [9.17, 15) is 4.79 Å². The topological polar surface area (TPSA) is 98.2 Å². The lowest BCUT2D eigenvalue weighted by Crippen LogP contribution is -2.49. The number of thiophene rings is 1. The van der Waals surface area contributed by atoms with Crippen LogP contribution in [0.1, 0.15) is 37.6 Å². The van der Waals surface area contributed by atoms with Gasteiger partial charge in [0, 0.05) is 43.2 Å². The first-order chi connectivity index (χ1) is 17.6. The highest BCUT2D eigenvalue weighted by atomic mass is 32.1. The number of nitrogen functional groups attached to an aromatic ring is 1. The summed E-state index contributed by atoms with van der Waals surface area (Å²) in [4.78, 5) is 22.0. The lowest BCUT2D eigenvalue weighted by atomic mass is 10.1. The molecule has 1 amide bonds. The summed E-state index contributed by atoms with van der Waals surface area (Å²) < 4.78 is 14.3. The lowest BCUT2D eigenvalue weighted by Gasteiger charge is -2.35. The summed E-state index contributed by atoms with van der Waals surface area (Å²) in [7, 11) is 1.71. The minimum absolute atomic E-state index is 0.255. The highest BCUT2D eigenvalue weighted by Crippen LogP contribution is 2.44. The zero-order chi connectivity index (χ0) is 26.5. The monoisotopic (exact) mass is 522 g/mol. The second-order valence-corrected chi connectivity index (χ2v) is 11.6. The van der Waals surface area contributed by atoms with Crippen LogP contribution in [-0.4, -0.2) is 69.4 Å². The van der Waals surface area contributed by atoms with Crippen LogP contribution in [0.5, 0.6) is 5.75 Å². The van der Waals surface area contributed by atoms with Gasteiger partial charge in [0.05, 0.1) is 17.5 Å². The van der Waals surface area contributed by atoms with E-state index in [1.54, 1.807) is 23.3 Å². The Balaban J connectivity index is 1.47. The van der Waals surface area contributed by atoms with Gasteiger partial charge in [-0.2, -0.15) is 5.10 Å². The first-order valence-electron chi connectivity index (χ1n) is 12.4. The Bertz CT molecular complexity index is 1480. The van der Waals surface area contributed by atoms with Gasteiger partial charge in [-0.05, 0) is 63.3 Å². The molecule has 0 saturated carbocycles. The molecule has 9 nitrogen and oxygen atoms in total. The van der Waals surface area contributed by atoms with E-state index in [0.29, 0.717) is 25.5 Å². The minimum atomic E-state index is -0.498. The largest absolute Gasteiger partial charge is 0.495 e. The van der Waals surface area contributed by atoms with E-state index in [2.05, 4.69) is 47.0 Å². The normalized spacial score (nSPS) is 15.0. The molecule has 0 atom stereocenters. The standard InChI is InChI=1S/C27H34N6O3S/c1-16-11-18-13-21(37-24(18)20(12-16)35-6)22-17(2)19(33-23(22)25(28)29-15-30-33)14-31-7-9-32(10-8-31)26(34)36-27(3,4)5/h11-13,15H,7-10,14H2,1-6H3,(H2,28,29,30). The van der Waals surface area contributed by atoms with Crippen molar-refractivity contribution >= 4 is 38.9 Å². The molecule has 37 heavy (non-hydrogen) atoms. The van der Waals surface area contributed by atoms with Crippen LogP contribution >= 0.6 is 11.3 Å². The molecule has 1 saturated heterocycles. The molecule has 1 aliphatic heterocycles. The summed E-state index contributed by atoms with van der Waals surface area (Å²) in [5, 5.41) is 5.74. The molecule has 4 aromatic rings. The van der Waals surface area contributed by atoms with Gasteiger partial charge in [-0.3, -0.25) is 4.90 Å². The van der Waals surface area contributed by atoms with Gasteiger partial charge in [-0.1, -0.05) is 6.07 Å². The predicted molar refractivity (Wildman–Crippen MR) is 147 cm³/mol. The van der Waals surface area contributed by atoms with Crippen molar-refractivity contribution in [3.05, 3.63) is 41.3 Å². The van der Waals surface area contributed by atoms with E-state index in [1.807, 2.05) is 25.3 Å². The third-order valence-corrected chi connectivity index (χ3v) is 7.89. The van der Waals surface area contributed by atoms with Crippen LogP contribution in [0.25, 0.3) is 26.0 Å². The van der Waals surface area contributed by atoms with E-state index in [1.165, 1.54) is 6.33 Å².